The fourth-order valence-electron chi connectivity index (χ4n) is 4.39. The topological polar surface area (TPSA) is 26.3 Å². The monoisotopic (exact) mass is 350 g/mol. The lowest BCUT2D eigenvalue weighted by Gasteiger charge is -2.48. The fourth-order valence-corrected chi connectivity index (χ4v) is 4.63. The zero-order chi connectivity index (χ0) is 17.6. The van der Waals surface area contributed by atoms with Gasteiger partial charge in [-0.05, 0) is 55.7 Å². The summed E-state index contributed by atoms with van der Waals surface area (Å²) < 4.78 is 6.17. The molecule has 0 spiro atoms. The Kier molecular flexibility index (Phi) is 7.54. The second-order valence-electron chi connectivity index (χ2n) is 7.71. The van der Waals surface area contributed by atoms with E-state index < -0.39 is 0 Å². The second kappa shape index (κ2) is 9.18. The number of ether oxygens (including phenoxy) is 1. The SMILES string of the molecule is CCC(=O)OC12CCCC=C1C=CC(C)C2CCC(C)CCCP. The van der Waals surface area contributed by atoms with Crippen LogP contribution in [0.15, 0.2) is 23.8 Å². The average molecular weight is 350 g/mol. The van der Waals surface area contributed by atoms with Crippen molar-refractivity contribution < 1.29 is 9.53 Å². The molecule has 0 saturated heterocycles. The van der Waals surface area contributed by atoms with Crippen LogP contribution in [0.3, 0.4) is 0 Å². The zero-order valence-corrected chi connectivity index (χ0v) is 16.9. The normalized spacial score (nSPS) is 30.4. The van der Waals surface area contributed by atoms with Crippen molar-refractivity contribution in [1.29, 1.82) is 0 Å². The van der Waals surface area contributed by atoms with E-state index in [0.717, 1.165) is 31.6 Å². The van der Waals surface area contributed by atoms with Gasteiger partial charge in [-0.25, -0.2) is 0 Å². The van der Waals surface area contributed by atoms with Gasteiger partial charge in [0.2, 0.25) is 0 Å². The van der Waals surface area contributed by atoms with E-state index in [2.05, 4.69) is 41.3 Å². The van der Waals surface area contributed by atoms with Gasteiger partial charge in [0.1, 0.15) is 5.60 Å². The number of carbonyl (C=O) groups excluding carboxylic acids is 1. The molecule has 0 N–H and O–H groups in total. The summed E-state index contributed by atoms with van der Waals surface area (Å²) in [7, 11) is 2.83. The molecule has 0 bridgehead atoms. The Morgan fingerprint density at radius 3 is 2.96 bits per heavy atom. The zero-order valence-electron chi connectivity index (χ0n) is 15.7. The maximum atomic E-state index is 12.2. The van der Waals surface area contributed by atoms with Gasteiger partial charge in [0.25, 0.3) is 0 Å². The lowest BCUT2D eigenvalue weighted by molar-refractivity contribution is -0.164. The van der Waals surface area contributed by atoms with Gasteiger partial charge >= 0.3 is 5.97 Å². The van der Waals surface area contributed by atoms with Gasteiger partial charge in [-0.15, -0.1) is 9.24 Å². The molecule has 3 heteroatoms. The molecule has 5 atom stereocenters. The van der Waals surface area contributed by atoms with Crippen LogP contribution in [0.5, 0.6) is 0 Å². The number of hydrogen-bond donors (Lipinski definition) is 0. The number of carbonyl (C=O) groups is 1. The lowest BCUT2D eigenvalue weighted by Crippen LogP contribution is -2.49. The molecule has 136 valence electrons. The van der Waals surface area contributed by atoms with E-state index in [9.17, 15) is 4.79 Å². The van der Waals surface area contributed by atoms with Crippen LogP contribution < -0.4 is 0 Å². The summed E-state index contributed by atoms with van der Waals surface area (Å²) in [6.45, 7) is 6.56. The second-order valence-corrected chi connectivity index (χ2v) is 8.28. The molecule has 0 amide bonds. The van der Waals surface area contributed by atoms with Crippen molar-refractivity contribution in [3.8, 4) is 0 Å². The number of esters is 1. The highest BCUT2D eigenvalue weighted by Crippen LogP contribution is 2.48. The van der Waals surface area contributed by atoms with Crippen molar-refractivity contribution in [2.24, 2.45) is 17.8 Å². The first-order valence-corrected chi connectivity index (χ1v) is 10.7. The maximum absolute atomic E-state index is 12.2. The predicted molar refractivity (Wildman–Crippen MR) is 105 cm³/mol. The summed E-state index contributed by atoms with van der Waals surface area (Å²) in [5, 5.41) is 0. The molecular weight excluding hydrogens is 315 g/mol. The standard InChI is InChI=1S/C21H35O2P/c1-4-20(22)23-21-14-6-5-9-18(21)12-11-17(3)19(21)13-10-16(2)8-7-15-24/h9,11-12,16-17,19H,4-8,10,13-15,24H2,1-3H3. The van der Waals surface area contributed by atoms with Crippen molar-refractivity contribution in [2.45, 2.75) is 77.7 Å². The maximum Gasteiger partial charge on any atom is 0.306 e. The molecule has 2 nitrogen and oxygen atoms in total. The van der Waals surface area contributed by atoms with Gasteiger partial charge in [-0.1, -0.05) is 51.8 Å². The highest BCUT2D eigenvalue weighted by atomic mass is 31.0. The Morgan fingerprint density at radius 2 is 2.25 bits per heavy atom. The molecule has 0 radical (unpaired) electrons. The van der Waals surface area contributed by atoms with Crippen LogP contribution in [0, 0.1) is 17.8 Å². The summed E-state index contributed by atoms with van der Waals surface area (Å²) in [5.74, 6) is 1.59. The average Bonchev–Trinajstić information content (AvgIpc) is 2.58. The van der Waals surface area contributed by atoms with Gasteiger partial charge in [-0.3, -0.25) is 4.79 Å². The molecule has 5 unspecified atom stereocenters. The van der Waals surface area contributed by atoms with Crippen LogP contribution in [-0.2, 0) is 9.53 Å². The van der Waals surface area contributed by atoms with E-state index >= 15 is 0 Å². The van der Waals surface area contributed by atoms with Crippen LogP contribution in [-0.4, -0.2) is 17.7 Å². The molecule has 2 aliphatic rings. The van der Waals surface area contributed by atoms with Crippen LogP contribution in [0.2, 0.25) is 0 Å². The first-order valence-electron chi connectivity index (χ1n) is 9.84. The van der Waals surface area contributed by atoms with E-state index in [1.165, 1.54) is 31.0 Å². The van der Waals surface area contributed by atoms with E-state index in [0.29, 0.717) is 18.3 Å². The first kappa shape index (κ1) is 19.7. The molecule has 0 aromatic rings. The van der Waals surface area contributed by atoms with Crippen molar-refractivity contribution >= 4 is 15.2 Å². The third kappa shape index (κ3) is 4.51. The molecular formula is C21H35O2P. The molecule has 0 aromatic carbocycles. The Morgan fingerprint density at radius 1 is 1.46 bits per heavy atom. The minimum Gasteiger partial charge on any atom is -0.454 e. The minimum atomic E-state index is -0.361. The number of fused-ring (bicyclic) bond motifs is 1. The quantitative estimate of drug-likeness (QED) is 0.416. The van der Waals surface area contributed by atoms with Gasteiger partial charge in [0, 0.05) is 12.3 Å². The molecule has 0 fully saturated rings. The lowest BCUT2D eigenvalue weighted by atomic mass is 9.64. The van der Waals surface area contributed by atoms with Crippen LogP contribution >= 0.6 is 9.24 Å². The molecule has 0 aromatic heterocycles. The number of hydrogen-bond acceptors (Lipinski definition) is 2. The third-order valence-corrected chi connectivity index (χ3v) is 6.28. The van der Waals surface area contributed by atoms with Crippen LogP contribution in [0.4, 0.5) is 0 Å². The summed E-state index contributed by atoms with van der Waals surface area (Å²) in [6.07, 6.45) is 16.7. The Balaban J connectivity index is 2.18. The minimum absolute atomic E-state index is 0.0497. The summed E-state index contributed by atoms with van der Waals surface area (Å²) in [5.41, 5.74) is 0.899. The number of allylic oxidation sites excluding steroid dienone is 2. The summed E-state index contributed by atoms with van der Waals surface area (Å²) in [4.78, 5) is 12.2. The van der Waals surface area contributed by atoms with E-state index in [-0.39, 0.29) is 11.6 Å². The van der Waals surface area contributed by atoms with E-state index in [4.69, 9.17) is 4.74 Å². The van der Waals surface area contributed by atoms with Crippen molar-refractivity contribution in [1.82, 2.24) is 0 Å². The van der Waals surface area contributed by atoms with Crippen LogP contribution in [0.1, 0.15) is 72.1 Å². The smallest absolute Gasteiger partial charge is 0.306 e. The third-order valence-electron chi connectivity index (χ3n) is 5.87. The van der Waals surface area contributed by atoms with Crippen molar-refractivity contribution in [2.75, 3.05) is 6.16 Å². The molecule has 0 heterocycles. The summed E-state index contributed by atoms with van der Waals surface area (Å²) in [6, 6.07) is 0. The Labute approximate surface area is 150 Å². The molecule has 0 saturated carbocycles. The molecule has 2 rings (SSSR count). The molecule has 2 aliphatic carbocycles. The van der Waals surface area contributed by atoms with Gasteiger partial charge < -0.3 is 4.74 Å². The fraction of sp³-hybridized carbons (Fsp3) is 0.762. The molecule has 0 aliphatic heterocycles. The van der Waals surface area contributed by atoms with Crippen LogP contribution in [0.25, 0.3) is 0 Å². The first-order chi connectivity index (χ1) is 11.5. The van der Waals surface area contributed by atoms with Crippen molar-refractivity contribution in [3.05, 3.63) is 23.8 Å². The van der Waals surface area contributed by atoms with E-state index in [1.807, 2.05) is 6.92 Å². The number of rotatable bonds is 8. The van der Waals surface area contributed by atoms with Gasteiger partial charge in [-0.2, -0.15) is 0 Å². The highest BCUT2D eigenvalue weighted by Gasteiger charge is 2.48. The van der Waals surface area contributed by atoms with Gasteiger partial charge in [0.05, 0.1) is 0 Å². The summed E-state index contributed by atoms with van der Waals surface area (Å²) >= 11 is 0. The Bertz CT molecular complexity index is 482. The highest BCUT2D eigenvalue weighted by molar-refractivity contribution is 7.16. The van der Waals surface area contributed by atoms with E-state index in [1.54, 1.807) is 0 Å². The van der Waals surface area contributed by atoms with Gasteiger partial charge in [0.15, 0.2) is 0 Å². The molecule has 24 heavy (non-hydrogen) atoms. The largest absolute Gasteiger partial charge is 0.454 e. The predicted octanol–water partition coefficient (Wildman–Crippen LogP) is 5.68. The Hall–Kier alpha value is -0.620. The van der Waals surface area contributed by atoms with Crippen molar-refractivity contribution in [3.63, 3.8) is 0 Å².